The third kappa shape index (κ3) is 4.55. The lowest BCUT2D eigenvalue weighted by molar-refractivity contribution is 0.669. The second-order valence-corrected chi connectivity index (χ2v) is 15.0. The molecule has 0 spiro atoms. The summed E-state index contributed by atoms with van der Waals surface area (Å²) in [6.07, 6.45) is 0. The monoisotopic (exact) mass is 720 g/mol. The van der Waals surface area contributed by atoms with Crippen LogP contribution in [0.5, 0.6) is 0 Å². The highest BCUT2D eigenvalue weighted by molar-refractivity contribution is 7.26. The van der Waals surface area contributed by atoms with Crippen molar-refractivity contribution in [2.24, 2.45) is 0 Å². The predicted octanol–water partition coefficient (Wildman–Crippen LogP) is 13.4. The van der Waals surface area contributed by atoms with Gasteiger partial charge in [0.15, 0.2) is 11.6 Å². The highest BCUT2D eigenvalue weighted by atomic mass is 32.1. The summed E-state index contributed by atoms with van der Waals surface area (Å²) in [7, 11) is 0. The number of aromatic nitrogens is 4. The Labute approximate surface area is 318 Å². The molecule has 0 saturated carbocycles. The van der Waals surface area contributed by atoms with Crippen molar-refractivity contribution in [3.8, 4) is 39.9 Å². The molecule has 0 amide bonds. The van der Waals surface area contributed by atoms with Crippen LogP contribution in [0.3, 0.4) is 0 Å². The van der Waals surface area contributed by atoms with E-state index in [1.54, 1.807) is 0 Å². The number of rotatable bonds is 4. The molecule has 0 saturated heterocycles. The summed E-state index contributed by atoms with van der Waals surface area (Å²) in [6.45, 7) is 0. The Hall–Kier alpha value is -7.15. The van der Waals surface area contributed by atoms with E-state index in [1.165, 1.54) is 36.5 Å². The molecule has 0 radical (unpaired) electrons. The maximum atomic E-state index is 6.32. The minimum atomic E-state index is 0.557. The normalized spacial score (nSPS) is 12.0. The average Bonchev–Trinajstić information content (AvgIpc) is 3.93. The van der Waals surface area contributed by atoms with E-state index < -0.39 is 0 Å². The van der Waals surface area contributed by atoms with Crippen LogP contribution in [0.4, 0.5) is 0 Å². The van der Waals surface area contributed by atoms with Gasteiger partial charge in [0.05, 0.1) is 11.0 Å². The Morgan fingerprint density at radius 3 is 2.04 bits per heavy atom. The zero-order valence-corrected chi connectivity index (χ0v) is 30.1. The van der Waals surface area contributed by atoms with Crippen molar-refractivity contribution in [2.75, 3.05) is 0 Å². The second-order valence-electron chi connectivity index (χ2n) is 14.0. The maximum Gasteiger partial charge on any atom is 0.238 e. The lowest BCUT2D eigenvalue weighted by Gasteiger charge is -2.13. The Bertz CT molecular complexity index is 3500. The van der Waals surface area contributed by atoms with E-state index in [4.69, 9.17) is 19.4 Å². The van der Waals surface area contributed by atoms with E-state index in [2.05, 4.69) is 132 Å². The summed E-state index contributed by atoms with van der Waals surface area (Å²) in [6, 6.07) is 59.6. The number of furan rings is 1. The minimum Gasteiger partial charge on any atom is -0.456 e. The van der Waals surface area contributed by atoms with Crippen LogP contribution >= 0.6 is 11.3 Å². The van der Waals surface area contributed by atoms with E-state index in [-0.39, 0.29) is 0 Å². The summed E-state index contributed by atoms with van der Waals surface area (Å²) in [5.41, 5.74) is 7.83. The first kappa shape index (κ1) is 30.3. The molecule has 4 aromatic heterocycles. The number of nitrogens with zero attached hydrogens (tertiary/aromatic N) is 4. The summed E-state index contributed by atoms with van der Waals surface area (Å²) in [4.78, 5) is 15.7. The Kier molecular flexibility index (Phi) is 6.44. The van der Waals surface area contributed by atoms with E-state index >= 15 is 0 Å². The standard InChI is InChI=1S/C49H28N4OS/c1-2-13-30(14-3-1)47-50-48(31-24-26-35-34-17-7-9-23-41(34)54-42(35)28-31)52-49(51-47)53-40-22-8-6-16-33(40)36-18-10-19-37(45(36)53)38-20-11-21-39-44-32-15-5-4-12-29(32)25-27-43(44)55-46(38)39/h1-28H. The van der Waals surface area contributed by atoms with Crippen molar-refractivity contribution in [1.29, 1.82) is 0 Å². The van der Waals surface area contributed by atoms with Gasteiger partial charge in [-0.2, -0.15) is 9.97 Å². The second kappa shape index (κ2) is 11.7. The van der Waals surface area contributed by atoms with Crippen molar-refractivity contribution < 1.29 is 4.42 Å². The van der Waals surface area contributed by atoms with Crippen LogP contribution in [0.1, 0.15) is 0 Å². The largest absolute Gasteiger partial charge is 0.456 e. The molecule has 5 nitrogen and oxygen atoms in total. The van der Waals surface area contributed by atoms with Gasteiger partial charge in [-0.15, -0.1) is 11.3 Å². The maximum absolute atomic E-state index is 6.32. The number of para-hydroxylation sites is 3. The topological polar surface area (TPSA) is 56.7 Å². The van der Waals surface area contributed by atoms with Gasteiger partial charge in [-0.05, 0) is 41.1 Å². The number of fused-ring (bicyclic) bond motifs is 11. The van der Waals surface area contributed by atoms with Crippen LogP contribution in [0.15, 0.2) is 174 Å². The predicted molar refractivity (Wildman–Crippen MR) is 228 cm³/mol. The Morgan fingerprint density at radius 2 is 1.15 bits per heavy atom. The smallest absolute Gasteiger partial charge is 0.238 e. The van der Waals surface area contributed by atoms with Crippen molar-refractivity contribution in [3.05, 3.63) is 170 Å². The molecule has 0 fully saturated rings. The van der Waals surface area contributed by atoms with Gasteiger partial charge in [-0.1, -0.05) is 140 Å². The van der Waals surface area contributed by atoms with Crippen LogP contribution in [0.2, 0.25) is 0 Å². The van der Waals surface area contributed by atoms with Crippen molar-refractivity contribution in [1.82, 2.24) is 19.5 Å². The highest BCUT2D eigenvalue weighted by Crippen LogP contribution is 2.46. The van der Waals surface area contributed by atoms with Gasteiger partial charge >= 0.3 is 0 Å². The number of benzene rings is 8. The Balaban J connectivity index is 1.15. The van der Waals surface area contributed by atoms with Gasteiger partial charge in [0.1, 0.15) is 11.2 Å². The molecule has 12 aromatic rings. The minimum absolute atomic E-state index is 0.557. The molecule has 8 aromatic carbocycles. The van der Waals surface area contributed by atoms with Crippen molar-refractivity contribution >= 4 is 86.0 Å². The molecule has 6 heteroatoms. The zero-order chi connectivity index (χ0) is 36.0. The lowest BCUT2D eigenvalue weighted by Crippen LogP contribution is -2.07. The van der Waals surface area contributed by atoms with Gasteiger partial charge in [0.2, 0.25) is 5.95 Å². The molecular weight excluding hydrogens is 693 g/mol. The number of thiophene rings is 1. The van der Waals surface area contributed by atoms with Crippen LogP contribution in [-0.4, -0.2) is 19.5 Å². The number of hydrogen-bond donors (Lipinski definition) is 0. The molecule has 12 rings (SSSR count). The summed E-state index contributed by atoms with van der Waals surface area (Å²) in [5, 5.41) is 9.54. The molecule has 0 bridgehead atoms. The summed E-state index contributed by atoms with van der Waals surface area (Å²) < 4.78 is 11.1. The van der Waals surface area contributed by atoms with Gasteiger partial charge in [-0.25, -0.2) is 4.98 Å². The Morgan fingerprint density at radius 1 is 0.455 bits per heavy atom. The molecule has 0 aliphatic carbocycles. The zero-order valence-electron chi connectivity index (χ0n) is 29.3. The molecule has 0 atom stereocenters. The first-order valence-corrected chi connectivity index (χ1v) is 19.2. The molecular formula is C49H28N4OS. The highest BCUT2D eigenvalue weighted by Gasteiger charge is 2.22. The van der Waals surface area contributed by atoms with Gasteiger partial charge in [-0.3, -0.25) is 4.57 Å². The van der Waals surface area contributed by atoms with E-state index in [0.717, 1.165) is 60.4 Å². The summed E-state index contributed by atoms with van der Waals surface area (Å²) in [5.74, 6) is 1.74. The number of hydrogen-bond acceptors (Lipinski definition) is 5. The fourth-order valence-electron chi connectivity index (χ4n) is 8.40. The van der Waals surface area contributed by atoms with Gasteiger partial charge < -0.3 is 4.42 Å². The van der Waals surface area contributed by atoms with Crippen molar-refractivity contribution in [3.63, 3.8) is 0 Å². The van der Waals surface area contributed by atoms with E-state index in [9.17, 15) is 0 Å². The molecule has 0 unspecified atom stereocenters. The SMILES string of the molecule is c1ccc(-c2nc(-c3ccc4c(c3)oc3ccccc34)nc(-n3c4ccccc4c4cccc(-c5cccc6c5sc5ccc7ccccc7c56)c43)n2)cc1. The van der Waals surface area contributed by atoms with Crippen molar-refractivity contribution in [2.45, 2.75) is 0 Å². The molecule has 55 heavy (non-hydrogen) atoms. The van der Waals surface area contributed by atoms with Crippen LogP contribution in [0.25, 0.3) is 115 Å². The van der Waals surface area contributed by atoms with Gasteiger partial charge in [0.25, 0.3) is 0 Å². The first-order valence-electron chi connectivity index (χ1n) is 18.4. The first-order chi connectivity index (χ1) is 27.3. The summed E-state index contributed by atoms with van der Waals surface area (Å²) >= 11 is 1.86. The third-order valence-electron chi connectivity index (χ3n) is 10.9. The van der Waals surface area contributed by atoms with E-state index in [0.29, 0.717) is 17.6 Å². The molecule has 0 N–H and O–H groups in total. The van der Waals surface area contributed by atoms with Crippen LogP contribution in [0, 0.1) is 0 Å². The molecule has 0 aliphatic rings. The quantitative estimate of drug-likeness (QED) is 0.182. The fourth-order valence-corrected chi connectivity index (χ4v) is 9.65. The van der Waals surface area contributed by atoms with Crippen LogP contribution in [-0.2, 0) is 0 Å². The molecule has 4 heterocycles. The van der Waals surface area contributed by atoms with Crippen LogP contribution < -0.4 is 0 Å². The fraction of sp³-hybridized carbons (Fsp3) is 0. The lowest BCUT2D eigenvalue weighted by atomic mass is 9.98. The third-order valence-corrected chi connectivity index (χ3v) is 12.1. The van der Waals surface area contributed by atoms with E-state index in [1.807, 2.05) is 53.8 Å². The van der Waals surface area contributed by atoms with Gasteiger partial charge in [0, 0.05) is 64.0 Å². The molecule has 0 aliphatic heterocycles. The molecule has 256 valence electrons. The average molecular weight is 721 g/mol.